The second kappa shape index (κ2) is 9.32. The Balaban J connectivity index is 2.05. The summed E-state index contributed by atoms with van der Waals surface area (Å²) >= 11 is 5.47. The molecule has 0 radical (unpaired) electrons. The van der Waals surface area contributed by atoms with E-state index in [1.54, 1.807) is 0 Å². The largest absolute Gasteiger partial charge is 0.508 e. The average Bonchev–Trinajstić information content (AvgIpc) is 2.77. The predicted molar refractivity (Wildman–Crippen MR) is 111 cm³/mol. The molecular weight excluding hydrogens is 449 g/mol. The zero-order chi connectivity index (χ0) is 23.5. The van der Waals surface area contributed by atoms with Crippen LogP contribution in [0, 0.1) is 0 Å². The van der Waals surface area contributed by atoms with E-state index in [9.17, 15) is 27.9 Å². The maximum atomic E-state index is 14.0. The lowest BCUT2D eigenvalue weighted by Gasteiger charge is -2.41. The highest BCUT2D eigenvalue weighted by molar-refractivity contribution is 6.32. The molecule has 2 aromatic rings. The van der Waals surface area contributed by atoms with Gasteiger partial charge in [-0.1, -0.05) is 11.6 Å². The smallest absolute Gasteiger partial charge is 0.278 e. The molecule has 3 rings (SSSR count). The molecule has 7 nitrogen and oxygen atoms in total. The van der Waals surface area contributed by atoms with E-state index in [1.807, 2.05) is 0 Å². The molecule has 0 spiro atoms. The minimum absolute atomic E-state index is 0.0501. The van der Waals surface area contributed by atoms with Crippen molar-refractivity contribution in [1.29, 1.82) is 0 Å². The van der Waals surface area contributed by atoms with Gasteiger partial charge in [-0.3, -0.25) is 14.5 Å². The Bertz CT molecular complexity index is 953. The number of carbonyl (C=O) groups is 2. The normalized spacial score (nSPS) is 18.9. The van der Waals surface area contributed by atoms with Crippen LogP contribution < -0.4 is 10.2 Å². The van der Waals surface area contributed by atoms with Crippen molar-refractivity contribution in [1.82, 2.24) is 15.3 Å². The van der Waals surface area contributed by atoms with Crippen molar-refractivity contribution < 1.29 is 27.9 Å². The fraction of sp³-hybridized carbons (Fsp3) is 0.429. The van der Waals surface area contributed by atoms with Gasteiger partial charge in [0, 0.05) is 42.5 Å². The van der Waals surface area contributed by atoms with Crippen molar-refractivity contribution in [2.75, 3.05) is 4.90 Å². The highest BCUT2D eigenvalue weighted by Crippen LogP contribution is 2.37. The maximum absolute atomic E-state index is 14.0. The molecule has 1 aromatic heterocycles. The number of benzene rings is 1. The summed E-state index contributed by atoms with van der Waals surface area (Å²) < 4.78 is 41.1. The summed E-state index contributed by atoms with van der Waals surface area (Å²) in [7, 11) is 0. The molecule has 1 fully saturated rings. The number of alkyl halides is 4. The molecule has 1 saturated carbocycles. The first kappa shape index (κ1) is 23.8. The first-order valence-corrected chi connectivity index (χ1v) is 10.3. The molecule has 0 bridgehead atoms. The lowest BCUT2D eigenvalue weighted by molar-refractivity contribution is -0.132. The van der Waals surface area contributed by atoms with E-state index in [-0.39, 0.29) is 42.7 Å². The molecule has 1 aliphatic carbocycles. The number of nitrogens with zero attached hydrogens (tertiary/aromatic N) is 3. The molecule has 0 saturated heterocycles. The zero-order valence-electron chi connectivity index (χ0n) is 17.1. The first-order chi connectivity index (χ1) is 15.0. The minimum Gasteiger partial charge on any atom is -0.508 e. The summed E-state index contributed by atoms with van der Waals surface area (Å²) in [6.07, 6.45) is 3.16. The maximum Gasteiger partial charge on any atom is 0.278 e. The predicted octanol–water partition coefficient (Wildman–Crippen LogP) is 3.66. The fourth-order valence-corrected chi connectivity index (χ4v) is 3.83. The lowest BCUT2D eigenvalue weighted by Crippen LogP contribution is -2.60. The molecule has 1 aromatic carbocycles. The molecule has 1 aliphatic rings. The number of hydrogen-bond donors (Lipinski definition) is 2. The van der Waals surface area contributed by atoms with Crippen LogP contribution in [0.15, 0.2) is 43.0 Å². The molecule has 32 heavy (non-hydrogen) atoms. The Morgan fingerprint density at radius 1 is 1.22 bits per heavy atom. The van der Waals surface area contributed by atoms with Gasteiger partial charge in [-0.05, 0) is 44.0 Å². The number of anilines is 1. The van der Waals surface area contributed by atoms with Crippen LogP contribution >= 0.6 is 11.6 Å². The lowest BCUT2D eigenvalue weighted by atomic mass is 9.87. The van der Waals surface area contributed by atoms with Crippen molar-refractivity contribution in [2.45, 2.75) is 55.7 Å². The van der Waals surface area contributed by atoms with Crippen LogP contribution in [0.5, 0.6) is 5.75 Å². The quantitative estimate of drug-likeness (QED) is 0.628. The van der Waals surface area contributed by atoms with Crippen molar-refractivity contribution in [3.63, 3.8) is 0 Å². The molecule has 2 N–H and O–H groups in total. The van der Waals surface area contributed by atoms with E-state index in [2.05, 4.69) is 15.3 Å². The third-order valence-corrected chi connectivity index (χ3v) is 5.77. The van der Waals surface area contributed by atoms with Gasteiger partial charge in [-0.2, -0.15) is 0 Å². The summed E-state index contributed by atoms with van der Waals surface area (Å²) in [6, 6.07) is 4.62. The molecule has 2 atom stereocenters. The van der Waals surface area contributed by atoms with Gasteiger partial charge < -0.3 is 10.4 Å². The van der Waals surface area contributed by atoms with Crippen molar-refractivity contribution in [2.24, 2.45) is 0 Å². The monoisotopic (exact) mass is 470 g/mol. The summed E-state index contributed by atoms with van der Waals surface area (Å²) in [5, 5.41) is 12.3. The number of phenolic OH excluding ortho intramolecular Hbond substituents is 1. The Morgan fingerprint density at radius 2 is 1.78 bits per heavy atom. The molecule has 0 aliphatic heterocycles. The van der Waals surface area contributed by atoms with Gasteiger partial charge in [0.25, 0.3) is 17.4 Å². The van der Waals surface area contributed by atoms with Crippen LogP contribution in [0.2, 0.25) is 0 Å². The fourth-order valence-electron chi connectivity index (χ4n) is 3.73. The number of aromatic hydroxyl groups is 1. The van der Waals surface area contributed by atoms with Crippen LogP contribution in [-0.4, -0.2) is 44.5 Å². The van der Waals surface area contributed by atoms with E-state index < -0.39 is 34.9 Å². The summed E-state index contributed by atoms with van der Waals surface area (Å²) in [6.45, 7) is 1.36. The number of nitrogens with one attached hydrogen (secondary N) is 1. The van der Waals surface area contributed by atoms with Gasteiger partial charge in [-0.15, -0.1) is 0 Å². The van der Waals surface area contributed by atoms with E-state index in [0.717, 1.165) is 4.90 Å². The highest BCUT2D eigenvalue weighted by Gasteiger charge is 2.48. The molecule has 2 amide bonds. The SMILES string of the molecule is C[C@](C(=O)NC1CCC(F)(F)CC1)(c1cncnc1)N(C(=O)[C@H](F)Cl)c1ccc(O)cc1. The Morgan fingerprint density at radius 3 is 2.31 bits per heavy atom. The van der Waals surface area contributed by atoms with Crippen LogP contribution in [0.25, 0.3) is 0 Å². The Hall–Kier alpha value is -2.88. The van der Waals surface area contributed by atoms with Gasteiger partial charge in [0.1, 0.15) is 12.1 Å². The third kappa shape index (κ3) is 4.95. The zero-order valence-corrected chi connectivity index (χ0v) is 17.9. The van der Waals surface area contributed by atoms with E-state index in [0.29, 0.717) is 0 Å². The standard InChI is InChI=1S/C21H22ClF3N4O3/c1-20(13-10-26-12-27-11-13,19(32)28-14-6-8-21(24,25)9-7-14)29(18(31)17(22)23)15-2-4-16(30)5-3-15/h2-5,10-12,14,17,30H,6-9H2,1H3,(H,28,32)/t17-,20+/m0/s1. The Labute approximate surface area is 187 Å². The summed E-state index contributed by atoms with van der Waals surface area (Å²) in [5.74, 6) is -4.86. The van der Waals surface area contributed by atoms with Gasteiger partial charge in [0.15, 0.2) is 5.54 Å². The number of amides is 2. The number of halogens is 4. The van der Waals surface area contributed by atoms with Gasteiger partial charge in [0.2, 0.25) is 5.92 Å². The molecular formula is C21H22ClF3N4O3. The molecule has 0 unspecified atom stereocenters. The topological polar surface area (TPSA) is 95.4 Å². The van der Waals surface area contributed by atoms with Crippen LogP contribution in [0.3, 0.4) is 0 Å². The number of rotatable bonds is 6. The van der Waals surface area contributed by atoms with Crippen LogP contribution in [0.1, 0.15) is 38.2 Å². The van der Waals surface area contributed by atoms with E-state index >= 15 is 0 Å². The van der Waals surface area contributed by atoms with Gasteiger partial charge >= 0.3 is 0 Å². The minimum atomic E-state index is -2.79. The summed E-state index contributed by atoms with van der Waals surface area (Å²) in [5.41, 5.74) is -4.13. The summed E-state index contributed by atoms with van der Waals surface area (Å²) in [4.78, 5) is 35.1. The van der Waals surface area contributed by atoms with Crippen LogP contribution in [-0.2, 0) is 15.1 Å². The number of hydrogen-bond acceptors (Lipinski definition) is 5. The average molecular weight is 471 g/mol. The van der Waals surface area contributed by atoms with Gasteiger partial charge in [-0.25, -0.2) is 23.1 Å². The molecule has 172 valence electrons. The van der Waals surface area contributed by atoms with Crippen molar-refractivity contribution in [3.05, 3.63) is 48.5 Å². The molecule has 11 heteroatoms. The third-order valence-electron chi connectivity index (χ3n) is 5.58. The van der Waals surface area contributed by atoms with Crippen LogP contribution in [0.4, 0.5) is 18.9 Å². The Kier molecular flexibility index (Phi) is 6.92. The number of phenols is 1. The van der Waals surface area contributed by atoms with Gasteiger partial charge in [0.05, 0.1) is 0 Å². The van der Waals surface area contributed by atoms with Crippen molar-refractivity contribution >= 4 is 29.1 Å². The second-order valence-electron chi connectivity index (χ2n) is 7.79. The van der Waals surface area contributed by atoms with Crippen molar-refractivity contribution in [3.8, 4) is 5.75 Å². The molecule has 1 heterocycles. The number of aromatic nitrogens is 2. The van der Waals surface area contributed by atoms with E-state index in [1.165, 1.54) is 49.9 Å². The first-order valence-electron chi connectivity index (χ1n) is 9.90. The van der Waals surface area contributed by atoms with E-state index in [4.69, 9.17) is 11.6 Å². The number of carbonyl (C=O) groups excluding carboxylic acids is 2. The second-order valence-corrected chi connectivity index (χ2v) is 8.18. The highest BCUT2D eigenvalue weighted by atomic mass is 35.5.